The molecule has 1 fully saturated rings. The van der Waals surface area contributed by atoms with E-state index in [2.05, 4.69) is 46.2 Å². The standard InChI is InChI=1S/C22H27N5O/c1-15-6-5-7-18(12-15)14-26-8-10-27(11-9-26)22(28)19-13-16(2)23-21-20(19)17(3)24-25(21)4/h5-7,12-13H,8-11,14H2,1-4H3. The van der Waals surface area contributed by atoms with Crippen LogP contribution in [0.15, 0.2) is 30.3 Å². The quantitative estimate of drug-likeness (QED) is 0.704. The Labute approximate surface area is 165 Å². The van der Waals surface area contributed by atoms with Gasteiger partial charge in [0.2, 0.25) is 0 Å². The lowest BCUT2D eigenvalue weighted by atomic mass is 10.1. The summed E-state index contributed by atoms with van der Waals surface area (Å²) < 4.78 is 1.76. The molecular formula is C22H27N5O. The van der Waals surface area contributed by atoms with Gasteiger partial charge in [-0.25, -0.2) is 4.98 Å². The topological polar surface area (TPSA) is 54.3 Å². The van der Waals surface area contributed by atoms with Crippen LogP contribution in [0, 0.1) is 20.8 Å². The van der Waals surface area contributed by atoms with Crippen LogP contribution in [0.5, 0.6) is 0 Å². The summed E-state index contributed by atoms with van der Waals surface area (Å²) in [7, 11) is 1.88. The number of rotatable bonds is 3. The van der Waals surface area contributed by atoms with E-state index in [1.807, 2.05) is 31.9 Å². The van der Waals surface area contributed by atoms with Gasteiger partial charge in [-0.1, -0.05) is 29.8 Å². The van der Waals surface area contributed by atoms with Gasteiger partial charge in [0, 0.05) is 45.5 Å². The summed E-state index contributed by atoms with van der Waals surface area (Å²) in [5.74, 6) is 0.0850. The molecule has 1 aliphatic heterocycles. The zero-order chi connectivity index (χ0) is 19.8. The van der Waals surface area contributed by atoms with Crippen LogP contribution in [0.25, 0.3) is 11.0 Å². The summed E-state index contributed by atoms with van der Waals surface area (Å²) >= 11 is 0. The average molecular weight is 377 g/mol. The molecule has 0 saturated carbocycles. The van der Waals surface area contributed by atoms with E-state index in [1.165, 1.54) is 11.1 Å². The van der Waals surface area contributed by atoms with Gasteiger partial charge in [0.15, 0.2) is 5.65 Å². The summed E-state index contributed by atoms with van der Waals surface area (Å²) in [6, 6.07) is 10.5. The predicted molar refractivity (Wildman–Crippen MR) is 110 cm³/mol. The Morgan fingerprint density at radius 3 is 2.54 bits per heavy atom. The Balaban J connectivity index is 1.49. The highest BCUT2D eigenvalue weighted by Crippen LogP contribution is 2.23. The monoisotopic (exact) mass is 377 g/mol. The molecular weight excluding hydrogens is 350 g/mol. The van der Waals surface area contributed by atoms with E-state index in [4.69, 9.17) is 0 Å². The molecule has 1 aromatic carbocycles. The maximum absolute atomic E-state index is 13.3. The molecule has 0 spiro atoms. The van der Waals surface area contributed by atoms with Crippen LogP contribution < -0.4 is 0 Å². The van der Waals surface area contributed by atoms with Crippen molar-refractivity contribution in [1.29, 1.82) is 0 Å². The number of pyridine rings is 1. The lowest BCUT2D eigenvalue weighted by Crippen LogP contribution is -2.48. The molecule has 1 amide bonds. The zero-order valence-corrected chi connectivity index (χ0v) is 17.1. The summed E-state index contributed by atoms with van der Waals surface area (Å²) in [4.78, 5) is 22.2. The van der Waals surface area contributed by atoms with Crippen LogP contribution in [0.2, 0.25) is 0 Å². The summed E-state index contributed by atoms with van der Waals surface area (Å²) in [6.07, 6.45) is 0. The predicted octanol–water partition coefficient (Wildman–Crippen LogP) is 2.85. The number of nitrogens with zero attached hydrogens (tertiary/aromatic N) is 5. The van der Waals surface area contributed by atoms with Crippen molar-refractivity contribution in [2.75, 3.05) is 26.2 Å². The van der Waals surface area contributed by atoms with E-state index in [9.17, 15) is 4.79 Å². The van der Waals surface area contributed by atoms with Crippen molar-refractivity contribution >= 4 is 16.9 Å². The van der Waals surface area contributed by atoms with Gasteiger partial charge in [0.25, 0.3) is 5.91 Å². The molecule has 0 bridgehead atoms. The molecule has 146 valence electrons. The summed E-state index contributed by atoms with van der Waals surface area (Å²) in [5.41, 5.74) is 5.81. The number of hydrogen-bond donors (Lipinski definition) is 0. The van der Waals surface area contributed by atoms with Crippen molar-refractivity contribution < 1.29 is 4.79 Å². The highest BCUT2D eigenvalue weighted by Gasteiger charge is 2.25. The molecule has 3 heterocycles. The van der Waals surface area contributed by atoms with Crippen molar-refractivity contribution in [2.24, 2.45) is 7.05 Å². The average Bonchev–Trinajstić information content (AvgIpc) is 2.95. The number of carbonyl (C=O) groups is 1. The van der Waals surface area contributed by atoms with Crippen molar-refractivity contribution in [2.45, 2.75) is 27.3 Å². The maximum atomic E-state index is 13.3. The third-order valence-corrected chi connectivity index (χ3v) is 5.48. The van der Waals surface area contributed by atoms with Gasteiger partial charge in [-0.15, -0.1) is 0 Å². The van der Waals surface area contributed by atoms with Crippen molar-refractivity contribution in [3.8, 4) is 0 Å². The minimum Gasteiger partial charge on any atom is -0.336 e. The number of aromatic nitrogens is 3. The van der Waals surface area contributed by atoms with Crippen LogP contribution in [-0.2, 0) is 13.6 Å². The molecule has 0 unspecified atom stereocenters. The SMILES string of the molecule is Cc1cccc(CN2CCN(C(=O)c3cc(C)nc4c3c(C)nn4C)CC2)c1. The van der Waals surface area contributed by atoms with Gasteiger partial charge in [-0.05, 0) is 32.4 Å². The fraction of sp³-hybridized carbons (Fsp3) is 0.409. The largest absolute Gasteiger partial charge is 0.336 e. The molecule has 0 atom stereocenters. The molecule has 1 saturated heterocycles. The Kier molecular flexibility index (Phi) is 4.89. The first-order valence-corrected chi connectivity index (χ1v) is 9.80. The lowest BCUT2D eigenvalue weighted by molar-refractivity contribution is 0.0630. The van der Waals surface area contributed by atoms with Gasteiger partial charge < -0.3 is 4.90 Å². The lowest BCUT2D eigenvalue weighted by Gasteiger charge is -2.35. The van der Waals surface area contributed by atoms with Gasteiger partial charge in [-0.3, -0.25) is 14.4 Å². The van der Waals surface area contributed by atoms with Crippen LogP contribution in [0.1, 0.15) is 32.9 Å². The fourth-order valence-corrected chi connectivity index (χ4v) is 4.09. The third kappa shape index (κ3) is 3.52. The maximum Gasteiger partial charge on any atom is 0.254 e. The van der Waals surface area contributed by atoms with Crippen LogP contribution in [0.3, 0.4) is 0 Å². The number of benzene rings is 1. The number of hydrogen-bond acceptors (Lipinski definition) is 4. The van der Waals surface area contributed by atoms with Gasteiger partial charge in [0.1, 0.15) is 0 Å². The minimum atomic E-state index is 0.0850. The number of piperazine rings is 1. The van der Waals surface area contributed by atoms with E-state index in [0.29, 0.717) is 0 Å². The van der Waals surface area contributed by atoms with Gasteiger partial charge >= 0.3 is 0 Å². The highest BCUT2D eigenvalue weighted by atomic mass is 16.2. The Bertz CT molecular complexity index is 1030. The Hall–Kier alpha value is -2.73. The van der Waals surface area contributed by atoms with E-state index in [1.54, 1.807) is 4.68 Å². The highest BCUT2D eigenvalue weighted by molar-refractivity contribution is 6.06. The van der Waals surface area contributed by atoms with E-state index >= 15 is 0 Å². The molecule has 6 nitrogen and oxygen atoms in total. The van der Waals surface area contributed by atoms with Crippen molar-refractivity contribution in [3.05, 3.63) is 58.4 Å². The van der Waals surface area contributed by atoms with Gasteiger partial charge in [-0.2, -0.15) is 5.10 Å². The third-order valence-electron chi connectivity index (χ3n) is 5.48. The van der Waals surface area contributed by atoms with E-state index < -0.39 is 0 Å². The molecule has 6 heteroatoms. The summed E-state index contributed by atoms with van der Waals surface area (Å²) in [6.45, 7) is 10.2. The second-order valence-electron chi connectivity index (χ2n) is 7.78. The summed E-state index contributed by atoms with van der Waals surface area (Å²) in [5, 5.41) is 5.34. The first kappa shape index (κ1) is 18.6. The molecule has 4 rings (SSSR count). The Morgan fingerprint density at radius 2 is 1.82 bits per heavy atom. The van der Waals surface area contributed by atoms with E-state index in [0.717, 1.165) is 60.7 Å². The van der Waals surface area contributed by atoms with Gasteiger partial charge in [0.05, 0.1) is 16.6 Å². The molecule has 0 aliphatic carbocycles. The van der Waals surface area contributed by atoms with Crippen LogP contribution >= 0.6 is 0 Å². The molecule has 0 radical (unpaired) electrons. The second kappa shape index (κ2) is 7.36. The molecule has 0 N–H and O–H groups in total. The molecule has 28 heavy (non-hydrogen) atoms. The fourth-order valence-electron chi connectivity index (χ4n) is 4.09. The first-order valence-electron chi connectivity index (χ1n) is 9.80. The van der Waals surface area contributed by atoms with Crippen molar-refractivity contribution in [3.63, 3.8) is 0 Å². The normalized spacial score (nSPS) is 15.4. The number of amides is 1. The second-order valence-corrected chi connectivity index (χ2v) is 7.78. The smallest absolute Gasteiger partial charge is 0.254 e. The zero-order valence-electron chi connectivity index (χ0n) is 17.1. The molecule has 3 aromatic rings. The number of aryl methyl sites for hydroxylation is 4. The van der Waals surface area contributed by atoms with Crippen LogP contribution in [-0.4, -0.2) is 56.7 Å². The number of carbonyl (C=O) groups excluding carboxylic acids is 1. The Morgan fingerprint density at radius 1 is 1.07 bits per heavy atom. The van der Waals surface area contributed by atoms with Crippen molar-refractivity contribution in [1.82, 2.24) is 24.6 Å². The molecule has 1 aliphatic rings. The van der Waals surface area contributed by atoms with E-state index in [-0.39, 0.29) is 5.91 Å². The van der Waals surface area contributed by atoms with Crippen LogP contribution in [0.4, 0.5) is 0 Å². The minimum absolute atomic E-state index is 0.0850. The first-order chi connectivity index (χ1) is 13.4. The molecule has 2 aromatic heterocycles. The number of fused-ring (bicyclic) bond motifs is 1.